The molecule has 22 heavy (non-hydrogen) atoms. The first-order chi connectivity index (χ1) is 10.4. The van der Waals surface area contributed by atoms with Crippen LogP contribution in [-0.2, 0) is 16.6 Å². The fourth-order valence-corrected chi connectivity index (χ4v) is 3.51. The van der Waals surface area contributed by atoms with E-state index in [9.17, 15) is 8.42 Å². The van der Waals surface area contributed by atoms with Gasteiger partial charge in [0, 0.05) is 6.54 Å². The maximum Gasteiger partial charge on any atom is 0.243 e. The first-order valence-electron chi connectivity index (χ1n) is 7.24. The molecule has 0 spiro atoms. The summed E-state index contributed by atoms with van der Waals surface area (Å²) in [6.07, 6.45) is 0. The Morgan fingerprint density at radius 3 is 2.27 bits per heavy atom. The molecule has 1 aromatic carbocycles. The fraction of sp³-hybridized carbons (Fsp3) is 0.467. The van der Waals surface area contributed by atoms with E-state index in [1.807, 2.05) is 12.1 Å². The van der Waals surface area contributed by atoms with E-state index in [1.54, 1.807) is 26.0 Å². The number of sulfonamides is 1. The Hall–Kier alpha value is -1.73. The van der Waals surface area contributed by atoms with E-state index >= 15 is 0 Å². The van der Waals surface area contributed by atoms with Crippen molar-refractivity contribution in [2.45, 2.75) is 45.1 Å². The molecule has 0 N–H and O–H groups in total. The summed E-state index contributed by atoms with van der Waals surface area (Å²) in [4.78, 5) is 0.285. The molecule has 120 valence electrons. The third kappa shape index (κ3) is 3.36. The number of rotatable bonds is 6. The van der Waals surface area contributed by atoms with Crippen molar-refractivity contribution in [1.29, 1.82) is 0 Å². The van der Waals surface area contributed by atoms with Gasteiger partial charge in [0.1, 0.15) is 11.4 Å². The minimum absolute atomic E-state index is 0.153. The van der Waals surface area contributed by atoms with Crippen LogP contribution in [0.3, 0.4) is 0 Å². The Bertz CT molecular complexity index is 721. The second-order valence-corrected chi connectivity index (χ2v) is 7.39. The van der Waals surface area contributed by atoms with Gasteiger partial charge in [0.25, 0.3) is 0 Å². The monoisotopic (exact) mass is 323 g/mol. The van der Waals surface area contributed by atoms with Crippen LogP contribution in [0.25, 0.3) is 0 Å². The standard InChI is InChI=1S/C15H21N3O3S/c1-5-18(10-15-12(4)16-21-17-15)22(19,20)14-8-6-13(7-9-14)11(2)3/h6-9,11H,5,10H2,1-4H3. The van der Waals surface area contributed by atoms with Gasteiger partial charge in [-0.3, -0.25) is 0 Å². The highest BCUT2D eigenvalue weighted by molar-refractivity contribution is 7.89. The summed E-state index contributed by atoms with van der Waals surface area (Å²) < 4.78 is 31.5. The van der Waals surface area contributed by atoms with E-state index in [0.29, 0.717) is 23.9 Å². The largest absolute Gasteiger partial charge is 0.244 e. The lowest BCUT2D eigenvalue weighted by molar-refractivity contribution is 0.296. The Kier molecular flexibility index (Phi) is 4.97. The Balaban J connectivity index is 2.28. The predicted octanol–water partition coefficient (Wildman–Crippen LogP) is 2.71. The second kappa shape index (κ2) is 6.58. The number of hydrogen-bond donors (Lipinski definition) is 0. The molecule has 6 nitrogen and oxygen atoms in total. The molecule has 1 aromatic heterocycles. The van der Waals surface area contributed by atoms with Crippen molar-refractivity contribution in [3.63, 3.8) is 0 Å². The third-order valence-corrected chi connectivity index (χ3v) is 5.54. The van der Waals surface area contributed by atoms with Crippen LogP contribution in [0.2, 0.25) is 0 Å². The molecule has 0 saturated carbocycles. The quantitative estimate of drug-likeness (QED) is 0.817. The highest BCUT2D eigenvalue weighted by Gasteiger charge is 2.25. The molecular formula is C15H21N3O3S. The second-order valence-electron chi connectivity index (χ2n) is 5.45. The van der Waals surface area contributed by atoms with Gasteiger partial charge in [-0.2, -0.15) is 4.31 Å². The molecule has 0 aliphatic rings. The van der Waals surface area contributed by atoms with Gasteiger partial charge in [-0.05, 0) is 30.5 Å². The lowest BCUT2D eigenvalue weighted by Crippen LogP contribution is -2.30. The van der Waals surface area contributed by atoms with Gasteiger partial charge in [0.15, 0.2) is 0 Å². The average Bonchev–Trinajstić information content (AvgIpc) is 2.89. The van der Waals surface area contributed by atoms with Crippen LogP contribution < -0.4 is 0 Å². The molecular weight excluding hydrogens is 302 g/mol. The molecule has 7 heteroatoms. The molecule has 2 aromatic rings. The van der Waals surface area contributed by atoms with Crippen molar-refractivity contribution in [1.82, 2.24) is 14.6 Å². The van der Waals surface area contributed by atoms with Crippen LogP contribution >= 0.6 is 0 Å². The molecule has 0 fully saturated rings. The van der Waals surface area contributed by atoms with E-state index in [0.717, 1.165) is 5.56 Å². The first kappa shape index (κ1) is 16.6. The van der Waals surface area contributed by atoms with Crippen molar-refractivity contribution in [2.24, 2.45) is 0 Å². The van der Waals surface area contributed by atoms with Crippen LogP contribution in [0, 0.1) is 6.92 Å². The number of aromatic nitrogens is 2. The molecule has 1 heterocycles. The van der Waals surface area contributed by atoms with E-state index in [-0.39, 0.29) is 11.4 Å². The molecule has 0 radical (unpaired) electrons. The maximum absolute atomic E-state index is 12.7. The normalized spacial score (nSPS) is 12.3. The number of nitrogens with zero attached hydrogens (tertiary/aromatic N) is 3. The highest BCUT2D eigenvalue weighted by atomic mass is 32.2. The summed E-state index contributed by atoms with van der Waals surface area (Å²) in [5.74, 6) is 0.364. The van der Waals surface area contributed by atoms with E-state index < -0.39 is 10.0 Å². The van der Waals surface area contributed by atoms with Crippen molar-refractivity contribution in [3.8, 4) is 0 Å². The third-order valence-electron chi connectivity index (χ3n) is 3.61. The Labute approximate surface area is 131 Å². The van der Waals surface area contributed by atoms with Crippen molar-refractivity contribution >= 4 is 10.0 Å². The van der Waals surface area contributed by atoms with Crippen LogP contribution in [0.1, 0.15) is 43.6 Å². The lowest BCUT2D eigenvalue weighted by atomic mass is 10.0. The summed E-state index contributed by atoms with van der Waals surface area (Å²) >= 11 is 0. The molecule has 0 unspecified atom stereocenters. The van der Waals surface area contributed by atoms with Gasteiger partial charge in [0.05, 0.1) is 11.4 Å². The Morgan fingerprint density at radius 1 is 1.18 bits per heavy atom. The first-order valence-corrected chi connectivity index (χ1v) is 8.68. The summed E-state index contributed by atoms with van der Waals surface area (Å²) in [6, 6.07) is 7.02. The topological polar surface area (TPSA) is 76.3 Å². The van der Waals surface area contributed by atoms with E-state index in [2.05, 4.69) is 28.8 Å². The van der Waals surface area contributed by atoms with Gasteiger partial charge in [-0.25, -0.2) is 13.0 Å². The van der Waals surface area contributed by atoms with Crippen LogP contribution in [-0.4, -0.2) is 29.6 Å². The molecule has 0 saturated heterocycles. The lowest BCUT2D eigenvalue weighted by Gasteiger charge is -2.19. The number of aryl methyl sites for hydroxylation is 1. The summed E-state index contributed by atoms with van der Waals surface area (Å²) in [5.41, 5.74) is 2.24. The molecule has 0 bridgehead atoms. The van der Waals surface area contributed by atoms with Crippen LogP contribution in [0.4, 0.5) is 0 Å². The zero-order chi connectivity index (χ0) is 16.3. The zero-order valence-electron chi connectivity index (χ0n) is 13.3. The van der Waals surface area contributed by atoms with E-state index in [1.165, 1.54) is 4.31 Å². The van der Waals surface area contributed by atoms with Crippen LogP contribution in [0.5, 0.6) is 0 Å². The predicted molar refractivity (Wildman–Crippen MR) is 82.8 cm³/mol. The summed E-state index contributed by atoms with van der Waals surface area (Å²) in [7, 11) is -3.56. The van der Waals surface area contributed by atoms with Gasteiger partial charge in [0.2, 0.25) is 10.0 Å². The smallest absolute Gasteiger partial charge is 0.243 e. The minimum Gasteiger partial charge on any atom is -0.244 e. The minimum atomic E-state index is -3.56. The van der Waals surface area contributed by atoms with Gasteiger partial charge in [-0.15, -0.1) is 0 Å². The Morgan fingerprint density at radius 2 is 1.82 bits per heavy atom. The molecule has 0 aliphatic carbocycles. The highest BCUT2D eigenvalue weighted by Crippen LogP contribution is 2.21. The molecule has 2 rings (SSSR count). The number of hydrogen-bond acceptors (Lipinski definition) is 5. The molecule has 0 atom stereocenters. The zero-order valence-corrected chi connectivity index (χ0v) is 14.1. The van der Waals surface area contributed by atoms with E-state index in [4.69, 9.17) is 0 Å². The average molecular weight is 323 g/mol. The molecule has 0 amide bonds. The summed E-state index contributed by atoms with van der Waals surface area (Å²) in [6.45, 7) is 8.18. The fourth-order valence-electron chi connectivity index (χ4n) is 2.10. The van der Waals surface area contributed by atoms with Crippen molar-refractivity contribution < 1.29 is 13.0 Å². The van der Waals surface area contributed by atoms with Gasteiger partial charge < -0.3 is 0 Å². The van der Waals surface area contributed by atoms with Crippen LogP contribution in [0.15, 0.2) is 33.8 Å². The van der Waals surface area contributed by atoms with Crippen molar-refractivity contribution in [2.75, 3.05) is 6.54 Å². The maximum atomic E-state index is 12.7. The summed E-state index contributed by atoms with van der Waals surface area (Å²) in [5, 5.41) is 7.44. The van der Waals surface area contributed by atoms with Gasteiger partial charge >= 0.3 is 0 Å². The molecule has 0 aliphatic heterocycles. The SMILES string of the molecule is CCN(Cc1nonc1C)S(=O)(=O)c1ccc(C(C)C)cc1. The van der Waals surface area contributed by atoms with Crippen molar-refractivity contribution in [3.05, 3.63) is 41.2 Å². The number of benzene rings is 1. The van der Waals surface area contributed by atoms with Gasteiger partial charge in [-0.1, -0.05) is 43.2 Å².